The third kappa shape index (κ3) is 6.32. The van der Waals surface area contributed by atoms with E-state index in [4.69, 9.17) is 4.74 Å². The van der Waals surface area contributed by atoms with Gasteiger partial charge in [-0.1, -0.05) is 6.07 Å². The third-order valence-corrected chi connectivity index (χ3v) is 2.24. The third-order valence-electron chi connectivity index (χ3n) is 2.24. The summed E-state index contributed by atoms with van der Waals surface area (Å²) in [5.41, 5.74) is 0.469. The first kappa shape index (κ1) is 14.6. The molecule has 0 bridgehead atoms. The van der Waals surface area contributed by atoms with Gasteiger partial charge in [0.2, 0.25) is 5.91 Å². The van der Waals surface area contributed by atoms with Crippen LogP contribution in [0.1, 0.15) is 13.3 Å². The summed E-state index contributed by atoms with van der Waals surface area (Å²) in [5, 5.41) is 5.61. The molecule has 0 aliphatic carbocycles. The quantitative estimate of drug-likeness (QED) is 0.695. The van der Waals surface area contributed by atoms with Crippen molar-refractivity contribution in [1.82, 2.24) is 5.32 Å². The van der Waals surface area contributed by atoms with Crippen molar-refractivity contribution in [3.8, 4) is 0 Å². The summed E-state index contributed by atoms with van der Waals surface area (Å²) in [7, 11) is 0. The van der Waals surface area contributed by atoms with Gasteiger partial charge in [0.15, 0.2) is 0 Å². The lowest BCUT2D eigenvalue weighted by atomic mass is 10.3. The van der Waals surface area contributed by atoms with E-state index < -0.39 is 0 Å². The number of benzene rings is 1. The predicted octanol–water partition coefficient (Wildman–Crippen LogP) is 1.78. The largest absolute Gasteiger partial charge is 0.382 e. The Kier molecular flexibility index (Phi) is 6.98. The molecule has 0 fully saturated rings. The fourth-order valence-corrected chi connectivity index (χ4v) is 1.42. The van der Waals surface area contributed by atoms with Crippen molar-refractivity contribution in [3.05, 3.63) is 30.1 Å². The van der Waals surface area contributed by atoms with Crippen molar-refractivity contribution < 1.29 is 13.9 Å². The maximum absolute atomic E-state index is 12.9. The Morgan fingerprint density at radius 1 is 1.44 bits per heavy atom. The van der Waals surface area contributed by atoms with E-state index in [9.17, 15) is 9.18 Å². The van der Waals surface area contributed by atoms with Gasteiger partial charge in [0.25, 0.3) is 0 Å². The molecule has 0 saturated heterocycles. The van der Waals surface area contributed by atoms with Crippen LogP contribution in [-0.2, 0) is 9.53 Å². The Labute approximate surface area is 107 Å². The lowest BCUT2D eigenvalue weighted by Crippen LogP contribution is -2.29. The topological polar surface area (TPSA) is 50.4 Å². The minimum atomic E-state index is -0.363. The van der Waals surface area contributed by atoms with Gasteiger partial charge < -0.3 is 15.4 Å². The van der Waals surface area contributed by atoms with Crippen LogP contribution in [0, 0.1) is 5.82 Å². The average Bonchev–Trinajstić information content (AvgIpc) is 2.33. The second-order valence-electron chi connectivity index (χ2n) is 3.79. The molecule has 0 spiro atoms. The van der Waals surface area contributed by atoms with Crippen LogP contribution in [0.4, 0.5) is 10.1 Å². The van der Waals surface area contributed by atoms with Crippen molar-refractivity contribution in [1.29, 1.82) is 0 Å². The highest BCUT2D eigenvalue weighted by Gasteiger charge is 2.02. The lowest BCUT2D eigenvalue weighted by molar-refractivity contribution is -0.115. The molecule has 1 aromatic rings. The highest BCUT2D eigenvalue weighted by Crippen LogP contribution is 2.08. The second-order valence-corrected chi connectivity index (χ2v) is 3.79. The van der Waals surface area contributed by atoms with E-state index in [0.29, 0.717) is 18.9 Å². The molecule has 0 heterocycles. The molecule has 1 rings (SSSR count). The van der Waals surface area contributed by atoms with E-state index in [0.717, 1.165) is 13.0 Å². The van der Waals surface area contributed by atoms with Crippen LogP contribution in [0.5, 0.6) is 0 Å². The van der Waals surface area contributed by atoms with Crippen LogP contribution in [0.3, 0.4) is 0 Å². The molecule has 0 aliphatic heterocycles. The summed E-state index contributed by atoms with van der Waals surface area (Å²) in [4.78, 5) is 11.5. The van der Waals surface area contributed by atoms with Crippen molar-refractivity contribution in [2.45, 2.75) is 13.3 Å². The number of ether oxygens (including phenoxy) is 1. The fraction of sp³-hybridized carbons (Fsp3) is 0.462. The van der Waals surface area contributed by atoms with E-state index >= 15 is 0 Å². The molecule has 4 nitrogen and oxygen atoms in total. The SMILES string of the molecule is CCOCCCNCC(=O)Nc1cccc(F)c1. The zero-order chi connectivity index (χ0) is 13.2. The Hall–Kier alpha value is -1.46. The molecule has 0 radical (unpaired) electrons. The van der Waals surface area contributed by atoms with E-state index in [1.54, 1.807) is 12.1 Å². The Morgan fingerprint density at radius 3 is 3.00 bits per heavy atom. The first-order valence-corrected chi connectivity index (χ1v) is 6.06. The summed E-state index contributed by atoms with van der Waals surface area (Å²) < 4.78 is 18.0. The van der Waals surface area contributed by atoms with Gasteiger partial charge in [0.05, 0.1) is 6.54 Å². The minimum absolute atomic E-state index is 0.183. The first-order valence-electron chi connectivity index (χ1n) is 6.06. The smallest absolute Gasteiger partial charge is 0.238 e. The lowest BCUT2D eigenvalue weighted by Gasteiger charge is -2.06. The maximum Gasteiger partial charge on any atom is 0.238 e. The average molecular weight is 254 g/mol. The van der Waals surface area contributed by atoms with Crippen LogP contribution in [0.15, 0.2) is 24.3 Å². The summed E-state index contributed by atoms with van der Waals surface area (Å²) in [5.74, 6) is -0.547. The van der Waals surface area contributed by atoms with Gasteiger partial charge >= 0.3 is 0 Å². The van der Waals surface area contributed by atoms with Crippen LogP contribution in [0.2, 0.25) is 0 Å². The Morgan fingerprint density at radius 2 is 2.28 bits per heavy atom. The molecule has 1 aromatic carbocycles. The van der Waals surface area contributed by atoms with Gasteiger partial charge in [-0.15, -0.1) is 0 Å². The number of carbonyl (C=O) groups excluding carboxylic acids is 1. The second kappa shape index (κ2) is 8.60. The molecular formula is C13H19FN2O2. The van der Waals surface area contributed by atoms with Crippen molar-refractivity contribution in [2.24, 2.45) is 0 Å². The standard InChI is InChI=1S/C13H19FN2O2/c1-2-18-8-4-7-15-10-13(17)16-12-6-3-5-11(14)9-12/h3,5-6,9,15H,2,4,7-8,10H2,1H3,(H,16,17). The summed E-state index contributed by atoms with van der Waals surface area (Å²) >= 11 is 0. The molecular weight excluding hydrogens is 235 g/mol. The molecule has 0 aliphatic rings. The molecule has 18 heavy (non-hydrogen) atoms. The van der Waals surface area contributed by atoms with Gasteiger partial charge in [0, 0.05) is 18.9 Å². The van der Waals surface area contributed by atoms with Gasteiger partial charge in [-0.05, 0) is 38.1 Å². The molecule has 1 amide bonds. The summed E-state index contributed by atoms with van der Waals surface area (Å²) in [6.45, 7) is 4.27. The first-order chi connectivity index (χ1) is 8.72. The molecule has 5 heteroatoms. The Bertz CT molecular complexity index is 372. The minimum Gasteiger partial charge on any atom is -0.382 e. The number of hydrogen-bond acceptors (Lipinski definition) is 3. The molecule has 0 saturated carbocycles. The molecule has 2 N–H and O–H groups in total. The number of carbonyl (C=O) groups is 1. The van der Waals surface area contributed by atoms with Crippen molar-refractivity contribution in [3.63, 3.8) is 0 Å². The van der Waals surface area contributed by atoms with Crippen LogP contribution in [-0.4, -0.2) is 32.2 Å². The van der Waals surface area contributed by atoms with E-state index in [2.05, 4.69) is 10.6 Å². The fourth-order valence-electron chi connectivity index (χ4n) is 1.42. The number of hydrogen-bond donors (Lipinski definition) is 2. The maximum atomic E-state index is 12.9. The molecule has 0 atom stereocenters. The summed E-state index contributed by atoms with van der Waals surface area (Å²) in [6.07, 6.45) is 0.862. The summed E-state index contributed by atoms with van der Waals surface area (Å²) in [6, 6.07) is 5.82. The normalized spacial score (nSPS) is 10.3. The number of halogens is 1. The van der Waals surface area contributed by atoms with Gasteiger partial charge in [-0.25, -0.2) is 4.39 Å². The molecule has 100 valence electrons. The zero-order valence-electron chi connectivity index (χ0n) is 10.5. The monoisotopic (exact) mass is 254 g/mol. The van der Waals surface area contributed by atoms with Crippen LogP contribution in [0.25, 0.3) is 0 Å². The highest BCUT2D eigenvalue weighted by atomic mass is 19.1. The van der Waals surface area contributed by atoms with Crippen molar-refractivity contribution in [2.75, 3.05) is 31.6 Å². The van der Waals surface area contributed by atoms with Crippen LogP contribution >= 0.6 is 0 Å². The van der Waals surface area contributed by atoms with Crippen molar-refractivity contribution >= 4 is 11.6 Å². The van der Waals surface area contributed by atoms with Gasteiger partial charge in [-0.3, -0.25) is 4.79 Å². The molecule has 0 aromatic heterocycles. The number of nitrogens with one attached hydrogen (secondary N) is 2. The van der Waals surface area contributed by atoms with Gasteiger partial charge in [0.1, 0.15) is 5.82 Å². The van der Waals surface area contributed by atoms with E-state index in [-0.39, 0.29) is 18.3 Å². The number of rotatable bonds is 8. The highest BCUT2D eigenvalue weighted by molar-refractivity contribution is 5.92. The van der Waals surface area contributed by atoms with E-state index in [1.807, 2.05) is 6.92 Å². The molecule has 0 unspecified atom stereocenters. The number of amides is 1. The zero-order valence-corrected chi connectivity index (χ0v) is 10.5. The number of anilines is 1. The van der Waals surface area contributed by atoms with E-state index in [1.165, 1.54) is 12.1 Å². The van der Waals surface area contributed by atoms with Gasteiger partial charge in [-0.2, -0.15) is 0 Å². The van der Waals surface area contributed by atoms with Crippen LogP contribution < -0.4 is 10.6 Å². The predicted molar refractivity (Wildman–Crippen MR) is 69.0 cm³/mol. The Balaban J connectivity index is 2.14.